The van der Waals surface area contributed by atoms with E-state index in [1.165, 1.54) is 16.8 Å². The molecule has 0 saturated heterocycles. The van der Waals surface area contributed by atoms with Crippen molar-refractivity contribution in [3.63, 3.8) is 0 Å². The van der Waals surface area contributed by atoms with E-state index in [-0.39, 0.29) is 16.6 Å². The molecule has 86 valence electrons. The minimum atomic E-state index is 0.101. The van der Waals surface area contributed by atoms with E-state index >= 15 is 0 Å². The summed E-state index contributed by atoms with van der Waals surface area (Å²) in [6.07, 6.45) is 0. The lowest BCUT2D eigenvalue weighted by Gasteiger charge is -2.04. The van der Waals surface area contributed by atoms with Crippen LogP contribution in [0.5, 0.6) is 0 Å². The van der Waals surface area contributed by atoms with Crippen molar-refractivity contribution in [2.75, 3.05) is 0 Å². The molecule has 1 aromatic carbocycles. The number of nitrogens with two attached hydrogens (primary N) is 1. The predicted molar refractivity (Wildman–Crippen MR) is 66.2 cm³/mol. The molecule has 1 heterocycles. The molecule has 0 aliphatic rings. The van der Waals surface area contributed by atoms with Crippen molar-refractivity contribution >= 4 is 23.2 Å². The van der Waals surface area contributed by atoms with Gasteiger partial charge in [-0.3, -0.25) is 5.41 Å². The molecule has 2 aromatic rings. The number of hydrogen-bond acceptors (Lipinski definition) is 3. The first-order valence-corrected chi connectivity index (χ1v) is 5.25. The van der Waals surface area contributed by atoms with Crippen LogP contribution in [-0.2, 0) is 0 Å². The highest BCUT2D eigenvalue weighted by molar-refractivity contribution is 6.29. The molecule has 0 atom stereocenters. The molecule has 0 spiro atoms. The van der Waals surface area contributed by atoms with E-state index in [1.54, 1.807) is 0 Å². The molecule has 0 saturated carbocycles. The van der Waals surface area contributed by atoms with Crippen molar-refractivity contribution in [1.82, 2.24) is 9.78 Å². The third-order valence-electron chi connectivity index (χ3n) is 2.02. The molecular formula is C11H10ClN5. The smallest absolute Gasteiger partial charge is 0.223 e. The van der Waals surface area contributed by atoms with E-state index in [1.807, 2.05) is 30.3 Å². The van der Waals surface area contributed by atoms with Crippen LogP contribution in [0.3, 0.4) is 0 Å². The van der Waals surface area contributed by atoms with Crippen LogP contribution < -0.4 is 11.2 Å². The van der Waals surface area contributed by atoms with E-state index in [4.69, 9.17) is 22.7 Å². The van der Waals surface area contributed by atoms with Gasteiger partial charge in [0, 0.05) is 0 Å². The molecule has 0 bridgehead atoms. The molecule has 3 N–H and O–H groups in total. The Morgan fingerprint density at radius 2 is 1.94 bits per heavy atom. The summed E-state index contributed by atoms with van der Waals surface area (Å²) in [4.78, 5) is 4.15. The largest absolute Gasteiger partial charge is 0.368 e. The lowest BCUT2D eigenvalue weighted by Crippen LogP contribution is -2.34. The summed E-state index contributed by atoms with van der Waals surface area (Å²) in [6, 6.07) is 12.2. The van der Waals surface area contributed by atoms with E-state index in [0.717, 1.165) is 0 Å². The lowest BCUT2D eigenvalue weighted by atomic mass is 10.3. The average Bonchev–Trinajstić information content (AvgIpc) is 2.33. The number of benzene rings is 1. The zero-order valence-corrected chi connectivity index (χ0v) is 9.59. The topological polar surface area (TPSA) is 80.0 Å². The second kappa shape index (κ2) is 4.80. The number of hydrogen-bond donors (Lipinski definition) is 2. The highest BCUT2D eigenvalue weighted by atomic mass is 35.5. The van der Waals surface area contributed by atoms with Gasteiger partial charge in [-0.25, -0.2) is 4.99 Å². The molecule has 2 rings (SSSR count). The maximum atomic E-state index is 7.64. The van der Waals surface area contributed by atoms with Gasteiger partial charge in [0.1, 0.15) is 10.6 Å². The molecule has 0 aliphatic carbocycles. The normalized spacial score (nSPS) is 11.5. The Bertz CT molecular complexity index is 603. The Kier molecular flexibility index (Phi) is 3.20. The third kappa shape index (κ3) is 2.70. The van der Waals surface area contributed by atoms with Gasteiger partial charge in [0.05, 0.1) is 5.69 Å². The molecule has 1 aromatic heterocycles. The van der Waals surface area contributed by atoms with Crippen molar-refractivity contribution in [1.29, 1.82) is 5.41 Å². The fraction of sp³-hybridized carbons (Fsp3) is 0. The van der Waals surface area contributed by atoms with Gasteiger partial charge in [0.15, 0.2) is 0 Å². The average molecular weight is 248 g/mol. The first-order chi connectivity index (χ1) is 8.16. The van der Waals surface area contributed by atoms with Crippen LogP contribution in [-0.4, -0.2) is 15.7 Å². The Balaban J connectivity index is 2.44. The SMILES string of the molecule is N=c1ccc(Cl)nn1C(N)=Nc1ccccc1. The van der Waals surface area contributed by atoms with Gasteiger partial charge in [0.2, 0.25) is 5.96 Å². The molecule has 5 nitrogen and oxygen atoms in total. The number of aliphatic imine (C=N–C) groups is 1. The Morgan fingerprint density at radius 1 is 1.24 bits per heavy atom. The zero-order valence-electron chi connectivity index (χ0n) is 8.84. The van der Waals surface area contributed by atoms with Gasteiger partial charge in [-0.2, -0.15) is 9.78 Å². The van der Waals surface area contributed by atoms with Crippen molar-refractivity contribution in [3.05, 3.63) is 53.1 Å². The highest BCUT2D eigenvalue weighted by Gasteiger charge is 2.00. The summed E-state index contributed by atoms with van der Waals surface area (Å²) in [5, 5.41) is 11.8. The number of nitrogens with one attached hydrogen (secondary N) is 1. The van der Waals surface area contributed by atoms with Gasteiger partial charge >= 0.3 is 0 Å². The van der Waals surface area contributed by atoms with Crippen LogP contribution in [0.15, 0.2) is 47.5 Å². The van der Waals surface area contributed by atoms with Crippen LogP contribution in [0.1, 0.15) is 0 Å². The van der Waals surface area contributed by atoms with Crippen molar-refractivity contribution in [3.8, 4) is 0 Å². The molecule has 0 aliphatic heterocycles. The summed E-state index contributed by atoms with van der Waals surface area (Å²) in [5.74, 6) is 0.101. The van der Waals surface area contributed by atoms with E-state index in [9.17, 15) is 0 Å². The van der Waals surface area contributed by atoms with Crippen LogP contribution in [0.2, 0.25) is 5.15 Å². The van der Waals surface area contributed by atoms with Gasteiger partial charge < -0.3 is 5.73 Å². The van der Waals surface area contributed by atoms with E-state index in [2.05, 4.69) is 10.1 Å². The van der Waals surface area contributed by atoms with Gasteiger partial charge in [0.25, 0.3) is 0 Å². The van der Waals surface area contributed by atoms with E-state index < -0.39 is 0 Å². The predicted octanol–water partition coefficient (Wildman–Crippen LogP) is 1.51. The first kappa shape index (κ1) is 11.3. The Hall–Kier alpha value is -2.14. The number of nitrogens with zero attached hydrogens (tertiary/aromatic N) is 3. The lowest BCUT2D eigenvalue weighted by molar-refractivity contribution is 0.807. The zero-order chi connectivity index (χ0) is 12.3. The fourth-order valence-electron chi connectivity index (χ4n) is 1.26. The quantitative estimate of drug-likeness (QED) is 0.592. The third-order valence-corrected chi connectivity index (χ3v) is 2.22. The summed E-state index contributed by atoms with van der Waals surface area (Å²) >= 11 is 5.74. The summed E-state index contributed by atoms with van der Waals surface area (Å²) in [5.41, 5.74) is 6.58. The number of halogens is 1. The molecule has 6 heteroatoms. The summed E-state index contributed by atoms with van der Waals surface area (Å²) < 4.78 is 1.18. The molecule has 0 unspecified atom stereocenters. The van der Waals surface area contributed by atoms with Crippen LogP contribution in [0.25, 0.3) is 0 Å². The van der Waals surface area contributed by atoms with Gasteiger partial charge in [-0.15, -0.1) is 0 Å². The molecular weight excluding hydrogens is 238 g/mol. The van der Waals surface area contributed by atoms with Crippen LogP contribution in [0, 0.1) is 5.41 Å². The van der Waals surface area contributed by atoms with Crippen LogP contribution in [0.4, 0.5) is 5.69 Å². The molecule has 0 amide bonds. The highest BCUT2D eigenvalue weighted by Crippen LogP contribution is 2.09. The second-order valence-corrected chi connectivity index (χ2v) is 3.65. The fourth-order valence-corrected chi connectivity index (χ4v) is 1.40. The second-order valence-electron chi connectivity index (χ2n) is 3.26. The van der Waals surface area contributed by atoms with Crippen LogP contribution >= 0.6 is 11.6 Å². The minimum absolute atomic E-state index is 0.101. The maximum absolute atomic E-state index is 7.64. The summed E-state index contributed by atoms with van der Waals surface area (Å²) in [6.45, 7) is 0. The molecule has 17 heavy (non-hydrogen) atoms. The van der Waals surface area contributed by atoms with Gasteiger partial charge in [-0.1, -0.05) is 29.8 Å². The van der Waals surface area contributed by atoms with Gasteiger partial charge in [-0.05, 0) is 24.3 Å². The van der Waals surface area contributed by atoms with Crippen molar-refractivity contribution in [2.45, 2.75) is 0 Å². The molecule has 0 radical (unpaired) electrons. The summed E-state index contributed by atoms with van der Waals surface area (Å²) in [7, 11) is 0. The Labute approximate surface area is 103 Å². The van der Waals surface area contributed by atoms with E-state index in [0.29, 0.717) is 5.69 Å². The standard InChI is InChI=1S/C11H10ClN5/c12-9-6-7-10(13)17(16-9)11(14)15-8-4-2-1-3-5-8/h1-7,13H,(H2,14,15). The molecule has 0 fully saturated rings. The number of para-hydroxylation sites is 1. The first-order valence-electron chi connectivity index (χ1n) is 4.87. The van der Waals surface area contributed by atoms with Crippen molar-refractivity contribution in [2.24, 2.45) is 10.7 Å². The minimum Gasteiger partial charge on any atom is -0.368 e. The Morgan fingerprint density at radius 3 is 2.65 bits per heavy atom. The van der Waals surface area contributed by atoms with Crippen molar-refractivity contribution < 1.29 is 0 Å². The number of rotatable bonds is 1. The maximum Gasteiger partial charge on any atom is 0.223 e. The monoisotopic (exact) mass is 247 g/mol. The number of aromatic nitrogens is 2.